The van der Waals surface area contributed by atoms with E-state index in [2.05, 4.69) is 0 Å². The third-order valence-electron chi connectivity index (χ3n) is 7.18. The fraction of sp³-hybridized carbons (Fsp3) is 0.444. The zero-order chi connectivity index (χ0) is 29.5. The topological polar surface area (TPSA) is 218 Å². The van der Waals surface area contributed by atoms with Crippen LogP contribution in [0.2, 0.25) is 0 Å². The Morgan fingerprint density at radius 2 is 1.76 bits per heavy atom. The van der Waals surface area contributed by atoms with E-state index in [1.807, 2.05) is 0 Å². The van der Waals surface area contributed by atoms with Crippen molar-refractivity contribution in [2.45, 2.75) is 48.7 Å². The van der Waals surface area contributed by atoms with Crippen LogP contribution in [0.3, 0.4) is 0 Å². The van der Waals surface area contributed by atoms with Crippen molar-refractivity contribution in [2.24, 2.45) is 0 Å². The van der Waals surface area contributed by atoms with Crippen molar-refractivity contribution in [2.75, 3.05) is 26.9 Å². The molecule has 14 nitrogen and oxygen atoms in total. The fourth-order valence-electron chi connectivity index (χ4n) is 4.74. The summed E-state index contributed by atoms with van der Waals surface area (Å²) in [6.45, 7) is -2.03. The molecule has 0 aliphatic carbocycles. The Labute approximate surface area is 232 Å². The quantitative estimate of drug-likeness (QED) is 0.167. The molecule has 1 aromatic heterocycles. The predicted molar refractivity (Wildman–Crippen MR) is 137 cm³/mol. The highest BCUT2D eigenvalue weighted by atomic mass is 16.8. The average molecular weight is 579 g/mol. The number of ether oxygens (including phenoxy) is 5. The third-order valence-corrected chi connectivity index (χ3v) is 7.18. The van der Waals surface area contributed by atoms with Gasteiger partial charge in [-0.15, -0.1) is 0 Å². The summed E-state index contributed by atoms with van der Waals surface area (Å²) in [6, 6.07) is 9.05. The van der Waals surface area contributed by atoms with Gasteiger partial charge in [-0.25, -0.2) is 0 Å². The smallest absolute Gasteiger partial charge is 0.229 e. The number of methoxy groups -OCH3 is 1. The van der Waals surface area contributed by atoms with Gasteiger partial charge in [0.05, 0.1) is 32.5 Å². The minimum absolute atomic E-state index is 0.0441. The number of benzene rings is 2. The second-order valence-electron chi connectivity index (χ2n) is 9.83. The lowest BCUT2D eigenvalue weighted by Crippen LogP contribution is -2.62. The molecule has 3 aromatic rings. The van der Waals surface area contributed by atoms with Gasteiger partial charge in [-0.2, -0.15) is 0 Å². The van der Waals surface area contributed by atoms with Gasteiger partial charge >= 0.3 is 0 Å². The molecule has 2 aromatic carbocycles. The van der Waals surface area contributed by atoms with Gasteiger partial charge in [-0.3, -0.25) is 4.79 Å². The second-order valence-corrected chi connectivity index (χ2v) is 9.83. The molecule has 2 aliphatic rings. The molecular formula is C27H30O14. The van der Waals surface area contributed by atoms with Crippen molar-refractivity contribution in [3.8, 4) is 28.4 Å². The molecule has 8 unspecified atom stereocenters. The van der Waals surface area contributed by atoms with Gasteiger partial charge < -0.3 is 63.8 Å². The number of aliphatic hydroxyl groups excluding tert-OH is 5. The zero-order valence-corrected chi connectivity index (χ0v) is 21.7. The lowest BCUT2D eigenvalue weighted by molar-refractivity contribution is -0.318. The maximum absolute atomic E-state index is 13.2. The Morgan fingerprint density at radius 1 is 1.02 bits per heavy atom. The summed E-state index contributed by atoms with van der Waals surface area (Å²) in [5.74, 6) is 0.000608. The van der Waals surface area contributed by atoms with E-state index in [-0.39, 0.29) is 22.3 Å². The van der Waals surface area contributed by atoms with Crippen LogP contribution in [0.15, 0.2) is 51.9 Å². The molecule has 8 atom stereocenters. The van der Waals surface area contributed by atoms with E-state index < -0.39 is 79.7 Å². The molecule has 7 N–H and O–H groups in total. The van der Waals surface area contributed by atoms with Gasteiger partial charge in [-0.1, -0.05) is 12.1 Å². The Kier molecular flexibility index (Phi) is 8.20. The summed E-state index contributed by atoms with van der Waals surface area (Å²) in [6.07, 6.45) is -9.87. The van der Waals surface area contributed by atoms with Gasteiger partial charge in [0.25, 0.3) is 0 Å². The van der Waals surface area contributed by atoms with E-state index in [0.29, 0.717) is 11.3 Å². The molecule has 0 spiro atoms. The number of phenols is 1. The van der Waals surface area contributed by atoms with Crippen LogP contribution in [-0.4, -0.2) is 111 Å². The van der Waals surface area contributed by atoms with Crippen LogP contribution >= 0.6 is 0 Å². The van der Waals surface area contributed by atoms with Crippen LogP contribution < -0.4 is 14.9 Å². The largest absolute Gasteiger partial charge is 0.507 e. The molecule has 0 saturated carbocycles. The Bertz CT molecular complexity index is 1420. The normalized spacial score (nSPS) is 31.8. The van der Waals surface area contributed by atoms with Crippen LogP contribution in [0, 0.1) is 0 Å². The molecule has 41 heavy (non-hydrogen) atoms. The minimum Gasteiger partial charge on any atom is -0.507 e. The molecule has 14 heteroatoms. The maximum atomic E-state index is 13.2. The van der Waals surface area contributed by atoms with Crippen LogP contribution in [0.4, 0.5) is 0 Å². The minimum atomic E-state index is -2.03. The predicted octanol–water partition coefficient (Wildman–Crippen LogP) is -1.18. The third kappa shape index (κ3) is 5.37. The highest BCUT2D eigenvalue weighted by molar-refractivity contribution is 5.88. The van der Waals surface area contributed by atoms with Crippen LogP contribution in [0.1, 0.15) is 0 Å². The molecule has 2 fully saturated rings. The Balaban J connectivity index is 1.44. The highest BCUT2D eigenvalue weighted by Crippen LogP contribution is 2.35. The SMILES string of the molecule is COc1ccc(-c2coc3cc(OC4OC(CO)C(O)C(O)C4OC4OCC(O)(CO)C4O)cc(O)c3c2=O)cc1. The van der Waals surface area contributed by atoms with Crippen LogP contribution in [0.25, 0.3) is 22.1 Å². The maximum Gasteiger partial charge on any atom is 0.229 e. The van der Waals surface area contributed by atoms with Gasteiger partial charge in [0.15, 0.2) is 12.4 Å². The number of hydrogen-bond donors (Lipinski definition) is 7. The average Bonchev–Trinajstić information content (AvgIpc) is 3.26. The molecule has 5 rings (SSSR count). The molecular weight excluding hydrogens is 548 g/mol. The monoisotopic (exact) mass is 578 g/mol. The van der Waals surface area contributed by atoms with Crippen molar-refractivity contribution < 1.29 is 63.8 Å². The second kappa shape index (κ2) is 11.5. The van der Waals surface area contributed by atoms with E-state index >= 15 is 0 Å². The summed E-state index contributed by atoms with van der Waals surface area (Å²) in [7, 11) is 1.51. The summed E-state index contributed by atoms with van der Waals surface area (Å²) in [5, 5.41) is 71.4. The summed E-state index contributed by atoms with van der Waals surface area (Å²) >= 11 is 0. The highest BCUT2D eigenvalue weighted by Gasteiger charge is 2.53. The lowest BCUT2D eigenvalue weighted by atomic mass is 9.98. The number of fused-ring (bicyclic) bond motifs is 1. The van der Waals surface area contributed by atoms with Crippen molar-refractivity contribution in [1.29, 1.82) is 0 Å². The molecule has 2 aliphatic heterocycles. The lowest BCUT2D eigenvalue weighted by Gasteiger charge is -2.42. The van der Waals surface area contributed by atoms with E-state index in [1.54, 1.807) is 24.3 Å². The first-order valence-electron chi connectivity index (χ1n) is 12.6. The first kappa shape index (κ1) is 29.2. The molecule has 0 radical (unpaired) electrons. The molecule has 0 amide bonds. The standard InChI is InChI=1S/C27H30O14/c1-36-13-4-2-12(3-5-13)15-9-37-17-7-14(6-16(30)19(17)20(15)31)39-25-23(22(33)21(32)18(8-28)40-25)41-26-24(34)27(35,10-29)11-38-26/h2-7,9,18,21-26,28-30,32-35H,8,10-11H2,1H3. The Hall–Kier alpha value is -3.31. The van der Waals surface area contributed by atoms with E-state index in [0.717, 1.165) is 6.07 Å². The van der Waals surface area contributed by atoms with Crippen molar-refractivity contribution in [3.05, 3.63) is 52.9 Å². The number of aliphatic hydroxyl groups is 6. The van der Waals surface area contributed by atoms with Crippen molar-refractivity contribution in [1.82, 2.24) is 0 Å². The van der Waals surface area contributed by atoms with E-state index in [4.69, 9.17) is 28.1 Å². The van der Waals surface area contributed by atoms with Crippen molar-refractivity contribution in [3.63, 3.8) is 0 Å². The van der Waals surface area contributed by atoms with Crippen molar-refractivity contribution >= 4 is 11.0 Å². The molecule has 0 bridgehead atoms. The fourth-order valence-corrected chi connectivity index (χ4v) is 4.74. The first-order chi connectivity index (χ1) is 19.6. The summed E-state index contributed by atoms with van der Waals surface area (Å²) in [4.78, 5) is 13.2. The van der Waals surface area contributed by atoms with Gasteiger partial charge in [0, 0.05) is 12.1 Å². The summed E-state index contributed by atoms with van der Waals surface area (Å²) < 4.78 is 33.0. The van der Waals surface area contributed by atoms with Gasteiger partial charge in [0.2, 0.25) is 11.7 Å². The van der Waals surface area contributed by atoms with E-state index in [9.17, 15) is 40.5 Å². The molecule has 3 heterocycles. The van der Waals surface area contributed by atoms with Gasteiger partial charge in [0.1, 0.15) is 64.5 Å². The number of phenolic OH excluding ortho intramolecular Hbond substituents is 1. The van der Waals surface area contributed by atoms with Crippen LogP contribution in [-0.2, 0) is 14.2 Å². The van der Waals surface area contributed by atoms with Gasteiger partial charge in [-0.05, 0) is 17.7 Å². The number of hydrogen-bond acceptors (Lipinski definition) is 14. The molecule has 222 valence electrons. The first-order valence-corrected chi connectivity index (χ1v) is 12.6. The van der Waals surface area contributed by atoms with E-state index in [1.165, 1.54) is 19.4 Å². The molecule has 2 saturated heterocycles. The number of rotatable bonds is 8. The van der Waals surface area contributed by atoms with Crippen LogP contribution in [0.5, 0.6) is 17.2 Å². The summed E-state index contributed by atoms with van der Waals surface area (Å²) in [5.41, 5.74) is -1.87. The number of aromatic hydroxyl groups is 1. The zero-order valence-electron chi connectivity index (χ0n) is 21.7. The Morgan fingerprint density at radius 3 is 2.39 bits per heavy atom.